The lowest BCUT2D eigenvalue weighted by Gasteiger charge is -2.22. The summed E-state index contributed by atoms with van der Waals surface area (Å²) in [4.78, 5) is 0. The van der Waals surface area contributed by atoms with E-state index in [2.05, 4.69) is 65.1 Å². The molecule has 18 heavy (non-hydrogen) atoms. The average molecular weight is 247 g/mol. The Morgan fingerprint density at radius 1 is 0.944 bits per heavy atom. The lowest BCUT2D eigenvalue weighted by Crippen LogP contribution is -2.18. The van der Waals surface area contributed by atoms with Gasteiger partial charge in [0.15, 0.2) is 0 Å². The van der Waals surface area contributed by atoms with Crippen molar-refractivity contribution in [1.82, 2.24) is 0 Å². The van der Waals surface area contributed by atoms with Crippen molar-refractivity contribution >= 4 is 5.69 Å². The quantitative estimate of drug-likeness (QED) is 0.696. The van der Waals surface area contributed by atoms with Crippen molar-refractivity contribution in [3.63, 3.8) is 0 Å². The van der Waals surface area contributed by atoms with Gasteiger partial charge in [0.05, 0.1) is 0 Å². The highest BCUT2D eigenvalue weighted by Gasteiger charge is 2.12. The number of hydrogen-bond acceptors (Lipinski definition) is 1. The fourth-order valence-electron chi connectivity index (χ4n) is 2.26. The van der Waals surface area contributed by atoms with Gasteiger partial charge in [0, 0.05) is 11.7 Å². The normalized spacial score (nSPS) is 11.6. The van der Waals surface area contributed by atoms with Gasteiger partial charge in [-0.15, -0.1) is 0 Å². The van der Waals surface area contributed by atoms with Crippen LogP contribution in [0.25, 0.3) is 0 Å². The number of anilines is 1. The first-order chi connectivity index (χ1) is 8.49. The van der Waals surface area contributed by atoms with Crippen LogP contribution in [0.2, 0.25) is 0 Å². The predicted molar refractivity (Wildman–Crippen MR) is 82.6 cm³/mol. The molecule has 0 bridgehead atoms. The summed E-state index contributed by atoms with van der Waals surface area (Å²) in [6, 6.07) is 7.50. The highest BCUT2D eigenvalue weighted by molar-refractivity contribution is 5.55. The van der Waals surface area contributed by atoms with E-state index in [9.17, 15) is 0 Å². The summed E-state index contributed by atoms with van der Waals surface area (Å²) in [5, 5.41) is 3.69. The third-order valence-electron chi connectivity index (χ3n) is 3.71. The van der Waals surface area contributed by atoms with Gasteiger partial charge in [0.25, 0.3) is 0 Å². The molecule has 0 aliphatic heterocycles. The highest BCUT2D eigenvalue weighted by Crippen LogP contribution is 2.29. The van der Waals surface area contributed by atoms with Gasteiger partial charge in [-0.05, 0) is 41.9 Å². The number of hydrogen-bond donors (Lipinski definition) is 1. The minimum absolute atomic E-state index is 0.570. The minimum Gasteiger partial charge on any atom is -0.382 e. The second-order valence-electron chi connectivity index (χ2n) is 5.81. The molecule has 1 nitrogen and oxygen atoms in total. The summed E-state index contributed by atoms with van der Waals surface area (Å²) in [6.45, 7) is 13.6. The van der Waals surface area contributed by atoms with Crippen LogP contribution in [-0.4, -0.2) is 6.04 Å². The van der Waals surface area contributed by atoms with Crippen LogP contribution in [0, 0.1) is 0 Å². The van der Waals surface area contributed by atoms with Gasteiger partial charge in [0.1, 0.15) is 0 Å². The zero-order valence-electron chi connectivity index (χ0n) is 12.9. The molecule has 0 amide bonds. The van der Waals surface area contributed by atoms with Gasteiger partial charge in [-0.2, -0.15) is 0 Å². The minimum atomic E-state index is 0.570. The Hall–Kier alpha value is -0.980. The second kappa shape index (κ2) is 6.82. The smallest absolute Gasteiger partial charge is 0.0377 e. The van der Waals surface area contributed by atoms with E-state index in [1.165, 1.54) is 29.7 Å². The van der Waals surface area contributed by atoms with Gasteiger partial charge in [-0.25, -0.2) is 0 Å². The van der Waals surface area contributed by atoms with E-state index >= 15 is 0 Å². The molecule has 0 spiro atoms. The summed E-state index contributed by atoms with van der Waals surface area (Å²) in [5.41, 5.74) is 4.21. The van der Waals surface area contributed by atoms with Crippen LogP contribution in [-0.2, 0) is 0 Å². The molecule has 0 saturated carbocycles. The molecular formula is C17H29N. The Labute approximate surface area is 113 Å². The fourth-order valence-corrected chi connectivity index (χ4v) is 2.26. The highest BCUT2D eigenvalue weighted by atomic mass is 14.9. The van der Waals surface area contributed by atoms with Crippen LogP contribution in [0.5, 0.6) is 0 Å². The van der Waals surface area contributed by atoms with Crippen molar-refractivity contribution in [2.24, 2.45) is 0 Å². The summed E-state index contributed by atoms with van der Waals surface area (Å²) in [6.07, 6.45) is 2.36. The predicted octanol–water partition coefficient (Wildman–Crippen LogP) is 5.53. The van der Waals surface area contributed by atoms with E-state index in [4.69, 9.17) is 0 Å². The lowest BCUT2D eigenvalue weighted by atomic mass is 9.93. The van der Waals surface area contributed by atoms with Crippen LogP contribution in [0.4, 0.5) is 5.69 Å². The molecule has 1 aromatic rings. The Balaban J connectivity index is 3.03. The fraction of sp³-hybridized carbons (Fsp3) is 0.647. The zero-order valence-corrected chi connectivity index (χ0v) is 12.9. The molecule has 1 heteroatoms. The molecular weight excluding hydrogens is 218 g/mol. The average Bonchev–Trinajstić information content (AvgIpc) is 2.35. The van der Waals surface area contributed by atoms with E-state index in [1.807, 2.05) is 0 Å². The summed E-state index contributed by atoms with van der Waals surface area (Å²) < 4.78 is 0. The van der Waals surface area contributed by atoms with E-state index in [1.54, 1.807) is 0 Å². The molecule has 1 aromatic carbocycles. The molecule has 0 atom stereocenters. The van der Waals surface area contributed by atoms with Crippen molar-refractivity contribution in [3.8, 4) is 0 Å². The third-order valence-corrected chi connectivity index (χ3v) is 3.71. The largest absolute Gasteiger partial charge is 0.382 e. The molecule has 1 rings (SSSR count). The number of benzene rings is 1. The Morgan fingerprint density at radius 2 is 1.56 bits per heavy atom. The van der Waals surface area contributed by atoms with Gasteiger partial charge >= 0.3 is 0 Å². The number of nitrogens with one attached hydrogen (secondary N) is 1. The van der Waals surface area contributed by atoms with Crippen LogP contribution in [0.1, 0.15) is 77.3 Å². The molecule has 0 aromatic heterocycles. The Bertz CT molecular complexity index is 362. The second-order valence-corrected chi connectivity index (χ2v) is 5.81. The van der Waals surface area contributed by atoms with Crippen molar-refractivity contribution in [2.75, 3.05) is 5.32 Å². The van der Waals surface area contributed by atoms with E-state index in [0.29, 0.717) is 17.9 Å². The van der Waals surface area contributed by atoms with Crippen molar-refractivity contribution in [3.05, 3.63) is 29.3 Å². The summed E-state index contributed by atoms with van der Waals surface area (Å²) in [5.74, 6) is 1.17. The first-order valence-corrected chi connectivity index (χ1v) is 7.39. The Morgan fingerprint density at radius 3 is 2.00 bits per heavy atom. The summed E-state index contributed by atoms with van der Waals surface area (Å²) >= 11 is 0. The molecule has 0 fully saturated rings. The molecule has 0 aliphatic rings. The monoisotopic (exact) mass is 247 g/mol. The van der Waals surface area contributed by atoms with E-state index < -0.39 is 0 Å². The maximum atomic E-state index is 3.69. The van der Waals surface area contributed by atoms with Crippen LogP contribution in [0.3, 0.4) is 0 Å². The van der Waals surface area contributed by atoms with Crippen molar-refractivity contribution < 1.29 is 0 Å². The summed E-state index contributed by atoms with van der Waals surface area (Å²) in [7, 11) is 0. The van der Waals surface area contributed by atoms with Crippen LogP contribution in [0.15, 0.2) is 18.2 Å². The first-order valence-electron chi connectivity index (χ1n) is 7.39. The van der Waals surface area contributed by atoms with Gasteiger partial charge < -0.3 is 5.32 Å². The van der Waals surface area contributed by atoms with E-state index in [0.717, 1.165) is 0 Å². The standard InChI is InChI=1S/C17H29N/c1-7-15(8-2)18-17-10-9-14(12(3)4)11-16(17)13(5)6/h9-13,15,18H,7-8H2,1-6H3. The zero-order chi connectivity index (χ0) is 13.7. The maximum Gasteiger partial charge on any atom is 0.0377 e. The molecule has 0 radical (unpaired) electrons. The first kappa shape index (κ1) is 15.1. The topological polar surface area (TPSA) is 12.0 Å². The Kier molecular flexibility index (Phi) is 5.71. The number of rotatable bonds is 6. The van der Waals surface area contributed by atoms with E-state index in [-0.39, 0.29) is 0 Å². The molecule has 102 valence electrons. The van der Waals surface area contributed by atoms with Crippen molar-refractivity contribution in [2.45, 2.75) is 72.3 Å². The maximum absolute atomic E-state index is 3.69. The molecule has 1 N–H and O–H groups in total. The van der Waals surface area contributed by atoms with Gasteiger partial charge in [-0.3, -0.25) is 0 Å². The van der Waals surface area contributed by atoms with Gasteiger partial charge in [0.2, 0.25) is 0 Å². The lowest BCUT2D eigenvalue weighted by molar-refractivity contribution is 0.669. The molecule has 0 heterocycles. The third kappa shape index (κ3) is 3.76. The van der Waals surface area contributed by atoms with Crippen LogP contribution >= 0.6 is 0 Å². The molecule has 0 aliphatic carbocycles. The SMILES string of the molecule is CCC(CC)Nc1ccc(C(C)C)cc1C(C)C. The van der Waals surface area contributed by atoms with Gasteiger partial charge in [-0.1, -0.05) is 53.7 Å². The molecule has 0 unspecified atom stereocenters. The van der Waals surface area contributed by atoms with Crippen molar-refractivity contribution in [1.29, 1.82) is 0 Å². The van der Waals surface area contributed by atoms with Crippen LogP contribution < -0.4 is 5.32 Å². The molecule has 0 saturated heterocycles.